The molecule has 1 fully saturated rings. The highest BCUT2D eigenvalue weighted by Gasteiger charge is 2.22. The molecule has 3 heterocycles. The van der Waals surface area contributed by atoms with Crippen molar-refractivity contribution < 1.29 is 13.2 Å². The maximum atomic E-state index is 12.0. The van der Waals surface area contributed by atoms with E-state index in [1.807, 2.05) is 34.9 Å². The molecule has 8 nitrogen and oxygen atoms in total. The van der Waals surface area contributed by atoms with Crippen molar-refractivity contribution >= 4 is 21.4 Å². The van der Waals surface area contributed by atoms with Gasteiger partial charge < -0.3 is 9.72 Å². The van der Waals surface area contributed by atoms with Crippen molar-refractivity contribution in [2.24, 2.45) is 0 Å². The molecule has 2 aromatic carbocycles. The number of nitrogens with zero attached hydrogens (tertiary/aromatic N) is 4. The Kier molecular flexibility index (Phi) is 5.84. The van der Waals surface area contributed by atoms with Gasteiger partial charge in [0.2, 0.25) is 5.91 Å². The molecular weight excluding hydrogens is 462 g/mol. The molecule has 0 spiro atoms. The summed E-state index contributed by atoms with van der Waals surface area (Å²) < 4.78 is 25.9. The SMILES string of the molecule is CS(=O)(=O)c1ccc(-c2nc3ccc(-c4ccc(C#N)cc4)cn3c2CN2CCNC(=O)C2)cc1. The quantitative estimate of drug-likeness (QED) is 0.466. The molecule has 9 heteroatoms. The fourth-order valence-corrected chi connectivity index (χ4v) is 4.91. The van der Waals surface area contributed by atoms with Crippen LogP contribution < -0.4 is 5.32 Å². The van der Waals surface area contributed by atoms with Gasteiger partial charge in [0.25, 0.3) is 0 Å². The Morgan fingerprint density at radius 2 is 1.69 bits per heavy atom. The zero-order chi connectivity index (χ0) is 24.6. The molecule has 0 aliphatic carbocycles. The van der Waals surface area contributed by atoms with E-state index >= 15 is 0 Å². The summed E-state index contributed by atoms with van der Waals surface area (Å²) in [6, 6.07) is 20.2. The van der Waals surface area contributed by atoms with E-state index in [0.717, 1.165) is 40.3 Å². The molecular formula is C26H23N5O3S. The van der Waals surface area contributed by atoms with E-state index < -0.39 is 9.84 Å². The Labute approximate surface area is 203 Å². The molecule has 5 rings (SSSR count). The van der Waals surface area contributed by atoms with Crippen molar-refractivity contribution in [3.05, 3.63) is 78.1 Å². The first-order valence-corrected chi connectivity index (χ1v) is 13.0. The molecule has 1 aliphatic heterocycles. The second kappa shape index (κ2) is 8.98. The number of amides is 1. The number of hydrogen-bond acceptors (Lipinski definition) is 6. The smallest absolute Gasteiger partial charge is 0.234 e. The maximum Gasteiger partial charge on any atom is 0.234 e. The number of imidazole rings is 1. The number of rotatable bonds is 5. The van der Waals surface area contributed by atoms with Gasteiger partial charge in [0.15, 0.2) is 9.84 Å². The average Bonchev–Trinajstić information content (AvgIpc) is 3.21. The van der Waals surface area contributed by atoms with Crippen LogP contribution in [0.4, 0.5) is 0 Å². The zero-order valence-electron chi connectivity index (χ0n) is 19.1. The minimum absolute atomic E-state index is 0.0117. The minimum Gasteiger partial charge on any atom is -0.354 e. The standard InChI is InChI=1S/C26H23N5O3S/c1-35(33,34)22-9-6-20(7-10-22)26-23(16-30-13-12-28-25(32)17-30)31-15-21(8-11-24(31)29-26)19-4-2-18(14-27)3-5-19/h2-11,15H,12-13,16-17H2,1H3,(H,28,32). The van der Waals surface area contributed by atoms with Gasteiger partial charge in [-0.3, -0.25) is 9.69 Å². The number of sulfone groups is 1. The van der Waals surface area contributed by atoms with Crippen molar-refractivity contribution in [3.8, 4) is 28.5 Å². The number of fused-ring (bicyclic) bond motifs is 1. The highest BCUT2D eigenvalue weighted by molar-refractivity contribution is 7.90. The lowest BCUT2D eigenvalue weighted by Crippen LogP contribution is -2.47. The lowest BCUT2D eigenvalue weighted by molar-refractivity contribution is -0.124. The molecule has 176 valence electrons. The zero-order valence-corrected chi connectivity index (χ0v) is 19.9. The van der Waals surface area contributed by atoms with Gasteiger partial charge in [0.05, 0.1) is 34.5 Å². The van der Waals surface area contributed by atoms with E-state index in [-0.39, 0.29) is 10.8 Å². The van der Waals surface area contributed by atoms with E-state index in [1.165, 1.54) is 6.26 Å². The third kappa shape index (κ3) is 4.67. The number of carbonyl (C=O) groups excluding carboxylic acids is 1. The van der Waals surface area contributed by atoms with Gasteiger partial charge in [-0.05, 0) is 47.5 Å². The molecule has 4 aromatic rings. The first kappa shape index (κ1) is 22.8. The monoisotopic (exact) mass is 485 g/mol. The van der Waals surface area contributed by atoms with Gasteiger partial charge in [0, 0.05) is 37.7 Å². The second-order valence-corrected chi connectivity index (χ2v) is 10.6. The summed E-state index contributed by atoms with van der Waals surface area (Å²) in [6.07, 6.45) is 3.20. The maximum absolute atomic E-state index is 12.0. The van der Waals surface area contributed by atoms with E-state index in [0.29, 0.717) is 25.2 Å². The van der Waals surface area contributed by atoms with Crippen LogP contribution in [0.3, 0.4) is 0 Å². The normalized spacial score (nSPS) is 14.6. The van der Waals surface area contributed by atoms with Crippen LogP contribution in [0.25, 0.3) is 28.0 Å². The lowest BCUT2D eigenvalue weighted by Gasteiger charge is -2.26. The second-order valence-electron chi connectivity index (χ2n) is 8.60. The number of hydrogen-bond donors (Lipinski definition) is 1. The summed E-state index contributed by atoms with van der Waals surface area (Å²) in [5.41, 5.74) is 5.75. The number of nitriles is 1. The van der Waals surface area contributed by atoms with E-state index in [9.17, 15) is 13.2 Å². The van der Waals surface area contributed by atoms with Crippen molar-refractivity contribution in [1.82, 2.24) is 19.6 Å². The molecule has 0 bridgehead atoms. The number of pyridine rings is 1. The Bertz CT molecular complexity index is 1570. The molecule has 0 saturated carbocycles. The van der Waals surface area contributed by atoms with Crippen LogP contribution in [0.2, 0.25) is 0 Å². The topological polar surface area (TPSA) is 108 Å². The molecule has 1 N–H and O–H groups in total. The Morgan fingerprint density at radius 1 is 1.00 bits per heavy atom. The van der Waals surface area contributed by atoms with E-state index in [4.69, 9.17) is 10.2 Å². The number of aromatic nitrogens is 2. The summed E-state index contributed by atoms with van der Waals surface area (Å²) >= 11 is 0. The minimum atomic E-state index is -3.31. The average molecular weight is 486 g/mol. The van der Waals surface area contributed by atoms with Gasteiger partial charge in [-0.1, -0.05) is 24.3 Å². The summed E-state index contributed by atoms with van der Waals surface area (Å²) in [4.78, 5) is 19.2. The first-order chi connectivity index (χ1) is 16.8. The van der Waals surface area contributed by atoms with Gasteiger partial charge >= 0.3 is 0 Å². The van der Waals surface area contributed by atoms with Crippen LogP contribution in [0, 0.1) is 11.3 Å². The van der Waals surface area contributed by atoms with Crippen LogP contribution >= 0.6 is 0 Å². The van der Waals surface area contributed by atoms with Crippen LogP contribution in [0.1, 0.15) is 11.3 Å². The first-order valence-electron chi connectivity index (χ1n) is 11.1. The molecule has 35 heavy (non-hydrogen) atoms. The van der Waals surface area contributed by atoms with Crippen molar-refractivity contribution in [1.29, 1.82) is 5.26 Å². The van der Waals surface area contributed by atoms with Gasteiger partial charge in [-0.25, -0.2) is 13.4 Å². The Morgan fingerprint density at radius 3 is 2.34 bits per heavy atom. The third-order valence-corrected chi connectivity index (χ3v) is 7.24. The van der Waals surface area contributed by atoms with Crippen molar-refractivity contribution in [2.45, 2.75) is 11.4 Å². The van der Waals surface area contributed by atoms with Crippen LogP contribution in [0.5, 0.6) is 0 Å². The number of benzene rings is 2. The number of nitrogens with one attached hydrogen (secondary N) is 1. The highest BCUT2D eigenvalue weighted by Crippen LogP contribution is 2.29. The number of piperazine rings is 1. The molecule has 0 radical (unpaired) electrons. The summed E-state index contributed by atoms with van der Waals surface area (Å²) in [5.74, 6) is -0.0117. The summed E-state index contributed by atoms with van der Waals surface area (Å²) in [7, 11) is -3.31. The lowest BCUT2D eigenvalue weighted by atomic mass is 10.1. The molecule has 1 aliphatic rings. The Hall–Kier alpha value is -4.00. The molecule has 1 amide bonds. The summed E-state index contributed by atoms with van der Waals surface area (Å²) in [5, 5.41) is 11.9. The van der Waals surface area contributed by atoms with E-state index in [1.54, 1.807) is 36.4 Å². The van der Waals surface area contributed by atoms with E-state index in [2.05, 4.69) is 16.3 Å². The molecule has 0 atom stereocenters. The van der Waals surface area contributed by atoms with Gasteiger partial charge in [-0.2, -0.15) is 5.26 Å². The van der Waals surface area contributed by atoms with Gasteiger partial charge in [-0.15, -0.1) is 0 Å². The molecule has 2 aromatic heterocycles. The van der Waals surface area contributed by atoms with Crippen molar-refractivity contribution in [2.75, 3.05) is 25.9 Å². The predicted octanol–water partition coefficient (Wildman–Crippen LogP) is 2.88. The predicted molar refractivity (Wildman–Crippen MR) is 132 cm³/mol. The fraction of sp³-hybridized carbons (Fsp3) is 0.192. The molecule has 0 unspecified atom stereocenters. The fourth-order valence-electron chi connectivity index (χ4n) is 4.28. The number of carbonyl (C=O) groups is 1. The highest BCUT2D eigenvalue weighted by atomic mass is 32.2. The Balaban J connectivity index is 1.62. The van der Waals surface area contributed by atoms with Crippen LogP contribution in [0.15, 0.2) is 71.8 Å². The summed E-state index contributed by atoms with van der Waals surface area (Å²) in [6.45, 7) is 2.12. The largest absolute Gasteiger partial charge is 0.354 e. The third-order valence-electron chi connectivity index (χ3n) is 6.11. The van der Waals surface area contributed by atoms with Gasteiger partial charge in [0.1, 0.15) is 5.65 Å². The van der Waals surface area contributed by atoms with Crippen molar-refractivity contribution in [3.63, 3.8) is 0 Å². The van der Waals surface area contributed by atoms with Crippen LogP contribution in [-0.4, -0.2) is 54.5 Å². The molecule has 1 saturated heterocycles. The van der Waals surface area contributed by atoms with Crippen LogP contribution in [-0.2, 0) is 21.2 Å².